The van der Waals surface area contributed by atoms with E-state index in [-0.39, 0.29) is 5.91 Å². The molecule has 1 aromatic carbocycles. The van der Waals surface area contributed by atoms with Crippen LogP contribution < -0.4 is 5.32 Å². The zero-order chi connectivity index (χ0) is 18.1. The number of anilines is 1. The van der Waals surface area contributed by atoms with Gasteiger partial charge in [0.15, 0.2) is 0 Å². The van der Waals surface area contributed by atoms with E-state index in [1.165, 1.54) is 11.8 Å². The Kier molecular flexibility index (Phi) is 5.17. The second-order valence-electron chi connectivity index (χ2n) is 5.52. The van der Waals surface area contributed by atoms with Crippen molar-refractivity contribution in [1.82, 2.24) is 19.6 Å². The van der Waals surface area contributed by atoms with E-state index in [0.717, 1.165) is 11.4 Å². The molecule has 0 saturated heterocycles. The van der Waals surface area contributed by atoms with Crippen LogP contribution in [0.4, 0.5) is 5.69 Å². The second kappa shape index (κ2) is 7.19. The van der Waals surface area contributed by atoms with Gasteiger partial charge in [-0.05, 0) is 45.0 Å². The summed E-state index contributed by atoms with van der Waals surface area (Å²) in [6, 6.07) is 6.83. The van der Waals surface area contributed by atoms with Gasteiger partial charge >= 0.3 is 0 Å². The van der Waals surface area contributed by atoms with Gasteiger partial charge in [-0.1, -0.05) is 35.0 Å². The maximum atomic E-state index is 12.4. The number of nitrogens with zero attached hydrogens (tertiary/aromatic N) is 4. The van der Waals surface area contributed by atoms with Gasteiger partial charge in [-0.15, -0.1) is 5.10 Å². The monoisotopic (exact) mass is 395 g/mol. The Labute approximate surface area is 158 Å². The van der Waals surface area contributed by atoms with E-state index in [0.29, 0.717) is 26.7 Å². The number of rotatable bonds is 4. The van der Waals surface area contributed by atoms with Crippen molar-refractivity contribution in [3.63, 3.8) is 0 Å². The number of nitrogens with one attached hydrogen (secondary N) is 1. The minimum Gasteiger partial charge on any atom is -0.324 e. The minimum absolute atomic E-state index is 0.214. The number of amides is 1. The highest BCUT2D eigenvalue weighted by atomic mass is 35.5. The Morgan fingerprint density at radius 1 is 1.24 bits per heavy atom. The van der Waals surface area contributed by atoms with Gasteiger partial charge in [0.2, 0.25) is 11.1 Å². The number of carbonyl (C=O) groups is 1. The van der Waals surface area contributed by atoms with Crippen molar-refractivity contribution in [1.29, 1.82) is 0 Å². The fourth-order valence-corrected chi connectivity index (χ4v) is 3.32. The molecule has 3 rings (SSSR count). The molecule has 130 valence electrons. The van der Waals surface area contributed by atoms with Gasteiger partial charge in [-0.2, -0.15) is 4.98 Å². The summed E-state index contributed by atoms with van der Waals surface area (Å²) in [6.45, 7) is 5.61. The molecule has 1 atom stereocenters. The van der Waals surface area contributed by atoms with E-state index < -0.39 is 5.25 Å². The van der Waals surface area contributed by atoms with Crippen LogP contribution in [0.2, 0.25) is 10.0 Å². The summed E-state index contributed by atoms with van der Waals surface area (Å²) in [5.74, 6) is 0.305. The summed E-state index contributed by atoms with van der Waals surface area (Å²) in [5, 5.41) is 8.16. The summed E-state index contributed by atoms with van der Waals surface area (Å²) < 4.78 is 1.66. The van der Waals surface area contributed by atoms with E-state index in [1.807, 2.05) is 19.9 Å². The first-order chi connectivity index (χ1) is 11.8. The van der Waals surface area contributed by atoms with Crippen molar-refractivity contribution < 1.29 is 4.79 Å². The van der Waals surface area contributed by atoms with E-state index in [4.69, 9.17) is 23.2 Å². The number of carbonyl (C=O) groups excluding carboxylic acids is 1. The molecule has 0 unspecified atom stereocenters. The van der Waals surface area contributed by atoms with Crippen LogP contribution in [0.15, 0.2) is 29.4 Å². The Morgan fingerprint density at radius 2 is 2.00 bits per heavy atom. The van der Waals surface area contributed by atoms with Gasteiger partial charge in [0.05, 0.1) is 16.0 Å². The molecule has 2 aromatic heterocycles. The molecule has 0 bridgehead atoms. The van der Waals surface area contributed by atoms with Gasteiger partial charge in [0, 0.05) is 16.4 Å². The number of halogens is 2. The first kappa shape index (κ1) is 18.0. The molecule has 3 aromatic rings. The average molecular weight is 396 g/mol. The average Bonchev–Trinajstić information content (AvgIpc) is 2.93. The van der Waals surface area contributed by atoms with Crippen LogP contribution in [0.25, 0.3) is 5.78 Å². The summed E-state index contributed by atoms with van der Waals surface area (Å²) >= 11 is 13.3. The molecule has 0 saturated carbocycles. The van der Waals surface area contributed by atoms with Gasteiger partial charge in [-0.3, -0.25) is 4.79 Å². The summed E-state index contributed by atoms with van der Waals surface area (Å²) in [4.78, 5) is 21.1. The van der Waals surface area contributed by atoms with Crippen LogP contribution in [0.5, 0.6) is 0 Å². The van der Waals surface area contributed by atoms with Crippen LogP contribution in [-0.4, -0.2) is 30.7 Å². The largest absolute Gasteiger partial charge is 0.324 e. The van der Waals surface area contributed by atoms with Gasteiger partial charge < -0.3 is 5.32 Å². The molecule has 1 amide bonds. The van der Waals surface area contributed by atoms with E-state index in [2.05, 4.69) is 20.4 Å². The van der Waals surface area contributed by atoms with Crippen LogP contribution in [-0.2, 0) is 4.79 Å². The van der Waals surface area contributed by atoms with Crippen molar-refractivity contribution in [2.45, 2.75) is 31.2 Å². The molecular weight excluding hydrogens is 381 g/mol. The molecule has 0 aliphatic rings. The van der Waals surface area contributed by atoms with Crippen molar-refractivity contribution in [2.24, 2.45) is 0 Å². The lowest BCUT2D eigenvalue weighted by Crippen LogP contribution is -2.22. The maximum Gasteiger partial charge on any atom is 0.253 e. The summed E-state index contributed by atoms with van der Waals surface area (Å²) in [5.41, 5.74) is 2.28. The molecule has 0 fully saturated rings. The molecule has 9 heteroatoms. The van der Waals surface area contributed by atoms with E-state index >= 15 is 0 Å². The fourth-order valence-electron chi connectivity index (χ4n) is 2.24. The topological polar surface area (TPSA) is 72.2 Å². The lowest BCUT2D eigenvalue weighted by atomic mass is 10.3. The first-order valence-electron chi connectivity index (χ1n) is 7.47. The molecule has 6 nitrogen and oxygen atoms in total. The Hall–Kier alpha value is -1.83. The standard InChI is InChI=1S/C16H15Cl2N5OS/c1-8-6-9(2)23-15(19-8)21-16(22-23)25-10(3)14(24)20-13-7-11(17)4-5-12(13)18/h4-7,10H,1-3H3,(H,20,24)/t10-/m1/s1. The van der Waals surface area contributed by atoms with Crippen molar-refractivity contribution in [2.75, 3.05) is 5.32 Å². The number of thioether (sulfide) groups is 1. The highest BCUT2D eigenvalue weighted by molar-refractivity contribution is 8.00. The molecule has 0 spiro atoms. The zero-order valence-electron chi connectivity index (χ0n) is 13.7. The third-order valence-electron chi connectivity index (χ3n) is 3.44. The number of aromatic nitrogens is 4. The number of hydrogen-bond donors (Lipinski definition) is 1. The quantitative estimate of drug-likeness (QED) is 0.671. The second-order valence-corrected chi connectivity index (χ2v) is 7.67. The molecule has 0 radical (unpaired) electrons. The molecule has 25 heavy (non-hydrogen) atoms. The third kappa shape index (κ3) is 4.05. The smallest absolute Gasteiger partial charge is 0.253 e. The zero-order valence-corrected chi connectivity index (χ0v) is 16.1. The number of aryl methyl sites for hydroxylation is 2. The van der Waals surface area contributed by atoms with Crippen molar-refractivity contribution in [3.05, 3.63) is 45.7 Å². The van der Waals surface area contributed by atoms with E-state index in [1.54, 1.807) is 29.6 Å². The Balaban J connectivity index is 1.75. The minimum atomic E-state index is -0.422. The summed E-state index contributed by atoms with van der Waals surface area (Å²) in [6.07, 6.45) is 0. The fraction of sp³-hybridized carbons (Fsp3) is 0.250. The Bertz CT molecular complexity index is 959. The normalized spacial score (nSPS) is 12.4. The Morgan fingerprint density at radius 3 is 2.76 bits per heavy atom. The molecule has 0 aliphatic carbocycles. The SMILES string of the molecule is Cc1cc(C)n2nc(S[C@H](C)C(=O)Nc3cc(Cl)ccc3Cl)nc2n1. The van der Waals surface area contributed by atoms with Crippen molar-refractivity contribution in [3.8, 4) is 0 Å². The molecule has 1 N–H and O–H groups in total. The van der Waals surface area contributed by atoms with Gasteiger partial charge in [-0.25, -0.2) is 9.50 Å². The number of benzene rings is 1. The van der Waals surface area contributed by atoms with Crippen LogP contribution in [0, 0.1) is 13.8 Å². The first-order valence-corrected chi connectivity index (χ1v) is 9.10. The lowest BCUT2D eigenvalue weighted by molar-refractivity contribution is -0.115. The van der Waals surface area contributed by atoms with Gasteiger partial charge in [0.25, 0.3) is 5.78 Å². The number of hydrogen-bond acceptors (Lipinski definition) is 5. The third-order valence-corrected chi connectivity index (χ3v) is 4.95. The summed E-state index contributed by atoms with van der Waals surface area (Å²) in [7, 11) is 0. The van der Waals surface area contributed by atoms with Crippen LogP contribution >= 0.6 is 35.0 Å². The van der Waals surface area contributed by atoms with Crippen LogP contribution in [0.1, 0.15) is 18.3 Å². The molecule has 0 aliphatic heterocycles. The lowest BCUT2D eigenvalue weighted by Gasteiger charge is -2.11. The van der Waals surface area contributed by atoms with Crippen molar-refractivity contribution >= 4 is 52.3 Å². The van der Waals surface area contributed by atoms with E-state index in [9.17, 15) is 4.79 Å². The predicted octanol–water partition coefficient (Wildman–Crippen LogP) is 4.17. The maximum absolute atomic E-state index is 12.4. The predicted molar refractivity (Wildman–Crippen MR) is 101 cm³/mol. The van der Waals surface area contributed by atoms with Gasteiger partial charge in [0.1, 0.15) is 0 Å². The molecular formula is C16H15Cl2N5OS. The molecule has 2 heterocycles. The van der Waals surface area contributed by atoms with Crippen LogP contribution in [0.3, 0.4) is 0 Å². The highest BCUT2D eigenvalue weighted by Gasteiger charge is 2.19. The highest BCUT2D eigenvalue weighted by Crippen LogP contribution is 2.27. The number of fused-ring (bicyclic) bond motifs is 1.